The van der Waals surface area contributed by atoms with Crippen molar-refractivity contribution in [2.75, 3.05) is 18.5 Å². The summed E-state index contributed by atoms with van der Waals surface area (Å²) in [7, 11) is 0. The highest BCUT2D eigenvalue weighted by Crippen LogP contribution is 2.36. The van der Waals surface area contributed by atoms with Gasteiger partial charge in [-0.05, 0) is 71.6 Å². The Balaban J connectivity index is 1.61. The predicted octanol–water partition coefficient (Wildman–Crippen LogP) is 3.25. The van der Waals surface area contributed by atoms with Gasteiger partial charge in [-0.15, -0.1) is 0 Å². The second-order valence-electron chi connectivity index (χ2n) is 7.06. The number of hydrazone groups is 1. The van der Waals surface area contributed by atoms with E-state index in [0.717, 1.165) is 12.8 Å². The van der Waals surface area contributed by atoms with Gasteiger partial charge in [0.1, 0.15) is 0 Å². The second-order valence-corrected chi connectivity index (χ2v) is 8.35. The van der Waals surface area contributed by atoms with Gasteiger partial charge < -0.3 is 20.1 Å². The van der Waals surface area contributed by atoms with Crippen LogP contribution in [0.1, 0.15) is 25.3 Å². The molecule has 0 aliphatic heterocycles. The zero-order valence-electron chi connectivity index (χ0n) is 17.7. The Labute approximate surface area is 204 Å². The molecule has 33 heavy (non-hydrogen) atoms. The van der Waals surface area contributed by atoms with Gasteiger partial charge in [-0.2, -0.15) is 5.10 Å². The van der Waals surface area contributed by atoms with Crippen LogP contribution in [0.25, 0.3) is 0 Å². The summed E-state index contributed by atoms with van der Waals surface area (Å²) in [6.07, 6.45) is 3.13. The van der Waals surface area contributed by atoms with Gasteiger partial charge in [0.25, 0.3) is 5.91 Å². The van der Waals surface area contributed by atoms with Crippen LogP contribution in [0.3, 0.4) is 0 Å². The number of hydrogen-bond acceptors (Lipinski definition) is 6. The van der Waals surface area contributed by atoms with Crippen LogP contribution in [0.5, 0.6) is 11.5 Å². The second kappa shape index (κ2) is 11.7. The van der Waals surface area contributed by atoms with Crippen LogP contribution in [-0.2, 0) is 14.4 Å². The van der Waals surface area contributed by atoms with Crippen LogP contribution < -0.4 is 25.5 Å². The van der Waals surface area contributed by atoms with E-state index in [1.54, 1.807) is 36.4 Å². The first-order chi connectivity index (χ1) is 15.9. The van der Waals surface area contributed by atoms with E-state index in [2.05, 4.69) is 37.1 Å². The fraction of sp³-hybridized carbons (Fsp3) is 0.273. The number of rotatable bonds is 9. The highest BCUT2D eigenvalue weighted by atomic mass is 79.9. The number of benzene rings is 2. The molecule has 3 amide bonds. The van der Waals surface area contributed by atoms with Crippen molar-refractivity contribution in [3.63, 3.8) is 0 Å². The summed E-state index contributed by atoms with van der Waals surface area (Å²) in [4.78, 5) is 35.6. The van der Waals surface area contributed by atoms with Crippen molar-refractivity contribution in [1.82, 2.24) is 10.7 Å². The third kappa shape index (κ3) is 7.76. The van der Waals surface area contributed by atoms with Crippen molar-refractivity contribution in [3.05, 3.63) is 51.5 Å². The van der Waals surface area contributed by atoms with E-state index in [1.807, 2.05) is 6.92 Å². The minimum Gasteiger partial charge on any atom is -0.490 e. The largest absolute Gasteiger partial charge is 0.490 e. The normalized spacial score (nSPS) is 12.8. The van der Waals surface area contributed by atoms with Gasteiger partial charge in [0.2, 0.25) is 0 Å². The lowest BCUT2D eigenvalue weighted by Crippen LogP contribution is -2.38. The van der Waals surface area contributed by atoms with Crippen LogP contribution in [0.4, 0.5) is 5.69 Å². The lowest BCUT2D eigenvalue weighted by atomic mass is 10.2. The third-order valence-corrected chi connectivity index (χ3v) is 5.11. The summed E-state index contributed by atoms with van der Waals surface area (Å²) in [6, 6.07) is 10.2. The Kier molecular flexibility index (Phi) is 8.67. The van der Waals surface area contributed by atoms with Crippen molar-refractivity contribution in [2.45, 2.75) is 25.8 Å². The molecule has 0 spiro atoms. The molecule has 1 aliphatic carbocycles. The Bertz CT molecular complexity index is 1070. The summed E-state index contributed by atoms with van der Waals surface area (Å²) >= 11 is 9.33. The molecule has 1 saturated carbocycles. The molecule has 1 aliphatic rings. The smallest absolute Gasteiger partial charge is 0.329 e. The van der Waals surface area contributed by atoms with Gasteiger partial charge >= 0.3 is 11.8 Å². The number of hydrogen-bond donors (Lipinski definition) is 3. The van der Waals surface area contributed by atoms with Crippen molar-refractivity contribution in [2.24, 2.45) is 5.10 Å². The van der Waals surface area contributed by atoms with Gasteiger partial charge in [-0.1, -0.05) is 17.7 Å². The quantitative estimate of drug-likeness (QED) is 0.258. The average Bonchev–Trinajstić information content (AvgIpc) is 3.57. The molecular weight excluding hydrogens is 516 g/mol. The molecule has 174 valence electrons. The Morgan fingerprint density at radius 1 is 1.18 bits per heavy atom. The van der Waals surface area contributed by atoms with E-state index in [0.29, 0.717) is 38.9 Å². The lowest BCUT2D eigenvalue weighted by molar-refractivity contribution is -0.139. The molecule has 0 radical (unpaired) electrons. The van der Waals surface area contributed by atoms with E-state index in [-0.39, 0.29) is 18.6 Å². The number of anilines is 1. The third-order valence-electron chi connectivity index (χ3n) is 4.29. The monoisotopic (exact) mass is 536 g/mol. The van der Waals surface area contributed by atoms with Crippen LogP contribution >= 0.6 is 27.5 Å². The topological polar surface area (TPSA) is 118 Å². The van der Waals surface area contributed by atoms with Crippen molar-refractivity contribution in [3.8, 4) is 11.5 Å². The lowest BCUT2D eigenvalue weighted by Gasteiger charge is -2.14. The maximum atomic E-state index is 12.2. The molecule has 2 aromatic carbocycles. The van der Waals surface area contributed by atoms with E-state index >= 15 is 0 Å². The molecule has 0 saturated heterocycles. The van der Waals surface area contributed by atoms with Crippen LogP contribution in [0, 0.1) is 0 Å². The van der Waals surface area contributed by atoms with E-state index < -0.39 is 11.8 Å². The van der Waals surface area contributed by atoms with Crippen LogP contribution in [0.15, 0.2) is 46.0 Å². The number of ether oxygens (including phenoxy) is 2. The first kappa shape index (κ1) is 24.5. The molecule has 0 unspecified atom stereocenters. The molecule has 0 bridgehead atoms. The zero-order valence-corrected chi connectivity index (χ0v) is 20.0. The number of halogens is 2. The SMILES string of the molecule is CCOc1cc(/C=N\NC(=O)C(=O)NC2CC2)cc(Br)c1OCC(=O)Nc1cccc(Cl)c1. The van der Waals surface area contributed by atoms with Crippen LogP contribution in [-0.4, -0.2) is 43.2 Å². The van der Waals surface area contributed by atoms with Gasteiger partial charge in [-0.25, -0.2) is 5.43 Å². The van der Waals surface area contributed by atoms with Crippen LogP contribution in [0.2, 0.25) is 5.02 Å². The maximum Gasteiger partial charge on any atom is 0.329 e. The number of nitrogens with zero attached hydrogens (tertiary/aromatic N) is 1. The Morgan fingerprint density at radius 3 is 2.67 bits per heavy atom. The average molecular weight is 538 g/mol. The number of amides is 3. The highest BCUT2D eigenvalue weighted by molar-refractivity contribution is 9.10. The minimum atomic E-state index is -0.840. The van der Waals surface area contributed by atoms with Gasteiger partial charge in [-0.3, -0.25) is 14.4 Å². The summed E-state index contributed by atoms with van der Waals surface area (Å²) < 4.78 is 11.8. The maximum absolute atomic E-state index is 12.2. The number of carbonyl (C=O) groups is 3. The van der Waals surface area contributed by atoms with Crippen molar-refractivity contribution >= 4 is 57.2 Å². The molecule has 0 heterocycles. The van der Waals surface area contributed by atoms with Gasteiger partial charge in [0.15, 0.2) is 18.1 Å². The summed E-state index contributed by atoms with van der Waals surface area (Å²) in [6.45, 7) is 1.91. The molecular formula is C22H22BrClN4O5. The Hall–Kier alpha value is -3.11. The molecule has 9 nitrogen and oxygen atoms in total. The minimum absolute atomic E-state index is 0.0806. The summed E-state index contributed by atoms with van der Waals surface area (Å²) in [5.74, 6) is -1.22. The molecule has 1 fully saturated rings. The van der Waals surface area contributed by atoms with Gasteiger partial charge in [0, 0.05) is 16.8 Å². The van der Waals surface area contributed by atoms with E-state index in [1.165, 1.54) is 6.21 Å². The van der Waals surface area contributed by atoms with E-state index in [9.17, 15) is 14.4 Å². The Morgan fingerprint density at radius 2 is 1.97 bits per heavy atom. The summed E-state index contributed by atoms with van der Waals surface area (Å²) in [5.41, 5.74) is 3.31. The van der Waals surface area contributed by atoms with Gasteiger partial charge in [0.05, 0.1) is 17.3 Å². The standard InChI is InChI=1S/C22H22BrClN4O5/c1-2-32-18-9-13(11-25-28-22(31)21(30)27-15-6-7-15)8-17(23)20(18)33-12-19(29)26-16-5-3-4-14(24)10-16/h3-5,8-11,15H,2,6-7,12H2,1H3,(H,26,29)(H,27,30)(H,28,31)/b25-11-. The first-order valence-electron chi connectivity index (χ1n) is 10.1. The van der Waals surface area contributed by atoms with Crippen molar-refractivity contribution in [1.29, 1.82) is 0 Å². The molecule has 3 N–H and O–H groups in total. The highest BCUT2D eigenvalue weighted by Gasteiger charge is 2.26. The predicted molar refractivity (Wildman–Crippen MR) is 128 cm³/mol. The fourth-order valence-electron chi connectivity index (χ4n) is 2.66. The van der Waals surface area contributed by atoms with E-state index in [4.69, 9.17) is 21.1 Å². The molecule has 3 rings (SSSR count). The number of nitrogens with one attached hydrogen (secondary N) is 3. The molecule has 11 heteroatoms. The van der Waals surface area contributed by atoms with Crippen molar-refractivity contribution < 1.29 is 23.9 Å². The zero-order chi connectivity index (χ0) is 23.8. The first-order valence-corrected chi connectivity index (χ1v) is 11.3. The molecule has 0 atom stereocenters. The molecule has 2 aromatic rings. The summed E-state index contributed by atoms with van der Waals surface area (Å²) in [5, 5.41) is 9.60. The molecule has 0 aromatic heterocycles. The fourth-order valence-corrected chi connectivity index (χ4v) is 3.43. The number of carbonyl (C=O) groups excluding carboxylic acids is 3.